The molecular formula is C11H9ClF3NO4S. The Hall–Kier alpha value is -1.32. The van der Waals surface area contributed by atoms with Gasteiger partial charge in [-0.05, 0) is 31.0 Å². The number of hydrogen-bond donors (Lipinski definition) is 2. The lowest BCUT2D eigenvalue weighted by molar-refractivity contribution is -0.160. The van der Waals surface area contributed by atoms with Gasteiger partial charge < -0.3 is 5.11 Å². The summed E-state index contributed by atoms with van der Waals surface area (Å²) in [6.45, 7) is 0. The SMILES string of the molecule is O=C(O)c1ccc(S(=O)(=O)NC2(C(F)(F)F)CC2)cc1Cl. The maximum Gasteiger partial charge on any atom is 0.407 e. The molecule has 0 aromatic heterocycles. The minimum atomic E-state index is -4.69. The van der Waals surface area contributed by atoms with Gasteiger partial charge in [-0.15, -0.1) is 0 Å². The zero-order valence-electron chi connectivity index (χ0n) is 10.2. The summed E-state index contributed by atoms with van der Waals surface area (Å²) < 4.78 is 63.8. The molecule has 0 heterocycles. The number of carboxylic acid groups (broad SMARTS) is 1. The Morgan fingerprint density at radius 2 is 1.90 bits per heavy atom. The summed E-state index contributed by atoms with van der Waals surface area (Å²) in [6, 6.07) is 2.62. The lowest BCUT2D eigenvalue weighted by atomic mass is 10.2. The van der Waals surface area contributed by atoms with Crippen LogP contribution < -0.4 is 4.72 Å². The minimum absolute atomic E-state index is 0.337. The summed E-state index contributed by atoms with van der Waals surface area (Å²) in [5, 5.41) is 8.39. The van der Waals surface area contributed by atoms with Crippen molar-refractivity contribution in [2.45, 2.75) is 29.5 Å². The second-order valence-electron chi connectivity index (χ2n) is 4.63. The van der Waals surface area contributed by atoms with Crippen molar-refractivity contribution < 1.29 is 31.5 Å². The van der Waals surface area contributed by atoms with Crippen molar-refractivity contribution in [3.8, 4) is 0 Å². The van der Waals surface area contributed by atoms with Crippen LogP contribution in [0.3, 0.4) is 0 Å². The molecule has 1 fully saturated rings. The van der Waals surface area contributed by atoms with E-state index in [1.807, 2.05) is 0 Å². The number of hydrogen-bond acceptors (Lipinski definition) is 3. The average Bonchev–Trinajstić information content (AvgIpc) is 3.07. The molecule has 0 spiro atoms. The third-order valence-corrected chi connectivity index (χ3v) is 4.95. The number of nitrogens with one attached hydrogen (secondary N) is 1. The number of sulfonamides is 1. The van der Waals surface area contributed by atoms with E-state index in [2.05, 4.69) is 0 Å². The molecule has 0 aliphatic heterocycles. The van der Waals surface area contributed by atoms with Gasteiger partial charge in [-0.2, -0.15) is 17.9 Å². The molecule has 0 unspecified atom stereocenters. The van der Waals surface area contributed by atoms with E-state index in [9.17, 15) is 26.4 Å². The van der Waals surface area contributed by atoms with E-state index in [0.29, 0.717) is 0 Å². The van der Waals surface area contributed by atoms with Crippen LogP contribution in [0.5, 0.6) is 0 Å². The molecule has 0 amide bonds. The molecule has 1 aromatic carbocycles. The molecule has 116 valence electrons. The molecule has 0 radical (unpaired) electrons. The second-order valence-corrected chi connectivity index (χ2v) is 6.72. The predicted octanol–water partition coefficient (Wildman–Crippen LogP) is 2.41. The Morgan fingerprint density at radius 3 is 2.29 bits per heavy atom. The monoisotopic (exact) mass is 343 g/mol. The Bertz CT molecular complexity index is 698. The van der Waals surface area contributed by atoms with Crippen molar-refractivity contribution in [3.05, 3.63) is 28.8 Å². The number of alkyl halides is 3. The van der Waals surface area contributed by atoms with Gasteiger partial charge in [-0.3, -0.25) is 0 Å². The number of carbonyl (C=O) groups is 1. The molecule has 5 nitrogen and oxygen atoms in total. The first-order valence-corrected chi connectivity index (χ1v) is 7.48. The third kappa shape index (κ3) is 2.99. The fourth-order valence-corrected chi connectivity index (χ4v) is 3.52. The highest BCUT2D eigenvalue weighted by Crippen LogP contribution is 2.49. The largest absolute Gasteiger partial charge is 0.478 e. The zero-order chi connectivity index (χ0) is 16.1. The molecular weight excluding hydrogens is 335 g/mol. The van der Waals surface area contributed by atoms with E-state index >= 15 is 0 Å². The first-order valence-electron chi connectivity index (χ1n) is 5.62. The van der Waals surface area contributed by atoms with Gasteiger partial charge in [0.25, 0.3) is 0 Å². The summed E-state index contributed by atoms with van der Waals surface area (Å²) >= 11 is 5.61. The second kappa shape index (κ2) is 4.85. The molecule has 1 saturated carbocycles. The average molecular weight is 344 g/mol. The van der Waals surface area contributed by atoms with Crippen LogP contribution in [0.15, 0.2) is 23.1 Å². The van der Waals surface area contributed by atoms with Gasteiger partial charge in [0.05, 0.1) is 15.5 Å². The predicted molar refractivity (Wildman–Crippen MR) is 66.8 cm³/mol. The summed E-state index contributed by atoms with van der Waals surface area (Å²) in [4.78, 5) is 10.2. The maximum atomic E-state index is 12.8. The van der Waals surface area contributed by atoms with Gasteiger partial charge in [0.1, 0.15) is 5.54 Å². The quantitative estimate of drug-likeness (QED) is 0.879. The first-order chi connectivity index (χ1) is 9.48. The lowest BCUT2D eigenvalue weighted by Crippen LogP contribution is -2.47. The molecule has 2 rings (SSSR count). The number of halogens is 4. The molecule has 2 N–H and O–H groups in total. The fraction of sp³-hybridized carbons (Fsp3) is 0.364. The Kier molecular flexibility index (Phi) is 3.71. The summed E-state index contributed by atoms with van der Waals surface area (Å²) in [5.74, 6) is -1.37. The fourth-order valence-electron chi connectivity index (χ4n) is 1.72. The van der Waals surface area contributed by atoms with Gasteiger partial charge in [0, 0.05) is 0 Å². The Balaban J connectivity index is 2.33. The standard InChI is InChI=1S/C11H9ClF3NO4S/c12-8-5-6(1-2-7(8)9(17)18)21(19,20)16-10(3-4-10)11(13,14)15/h1-2,5,16H,3-4H2,(H,17,18). The zero-order valence-corrected chi connectivity index (χ0v) is 11.8. The van der Waals surface area contributed by atoms with E-state index in [-0.39, 0.29) is 23.4 Å². The van der Waals surface area contributed by atoms with Crippen LogP contribution in [0, 0.1) is 0 Å². The molecule has 0 saturated heterocycles. The first kappa shape index (κ1) is 16.1. The van der Waals surface area contributed by atoms with Crippen LogP contribution in [0.25, 0.3) is 0 Å². The topological polar surface area (TPSA) is 83.5 Å². The summed E-state index contributed by atoms with van der Waals surface area (Å²) in [5.41, 5.74) is -2.78. The van der Waals surface area contributed by atoms with Crippen molar-refractivity contribution in [2.24, 2.45) is 0 Å². The number of benzene rings is 1. The van der Waals surface area contributed by atoms with Gasteiger partial charge in [-0.25, -0.2) is 13.2 Å². The van der Waals surface area contributed by atoms with E-state index in [1.54, 1.807) is 4.72 Å². The van der Waals surface area contributed by atoms with Crippen LogP contribution in [0.1, 0.15) is 23.2 Å². The van der Waals surface area contributed by atoms with Gasteiger partial charge in [0.2, 0.25) is 10.0 Å². The van der Waals surface area contributed by atoms with Crippen molar-refractivity contribution >= 4 is 27.6 Å². The van der Waals surface area contributed by atoms with E-state index in [1.165, 1.54) is 0 Å². The Morgan fingerprint density at radius 1 is 1.33 bits per heavy atom. The smallest absolute Gasteiger partial charge is 0.407 e. The summed E-state index contributed by atoms with van der Waals surface area (Å²) in [6.07, 6.45) is -5.36. The molecule has 21 heavy (non-hydrogen) atoms. The molecule has 0 atom stereocenters. The number of rotatable bonds is 4. The summed E-state index contributed by atoms with van der Waals surface area (Å²) in [7, 11) is -4.45. The molecule has 1 aliphatic carbocycles. The van der Waals surface area contributed by atoms with Crippen LogP contribution in [-0.4, -0.2) is 31.2 Å². The molecule has 1 aliphatic rings. The van der Waals surface area contributed by atoms with Crippen LogP contribution in [-0.2, 0) is 10.0 Å². The van der Waals surface area contributed by atoms with Crippen molar-refractivity contribution in [3.63, 3.8) is 0 Å². The van der Waals surface area contributed by atoms with Crippen molar-refractivity contribution in [2.75, 3.05) is 0 Å². The van der Waals surface area contributed by atoms with Gasteiger partial charge in [0.15, 0.2) is 0 Å². The molecule has 10 heteroatoms. The highest BCUT2D eigenvalue weighted by molar-refractivity contribution is 7.89. The van der Waals surface area contributed by atoms with Crippen molar-refractivity contribution in [1.82, 2.24) is 4.72 Å². The number of aromatic carboxylic acids is 1. The maximum absolute atomic E-state index is 12.8. The third-order valence-electron chi connectivity index (χ3n) is 3.10. The van der Waals surface area contributed by atoms with E-state index in [4.69, 9.17) is 16.7 Å². The molecule has 1 aromatic rings. The lowest BCUT2D eigenvalue weighted by Gasteiger charge is -2.20. The van der Waals surface area contributed by atoms with Crippen LogP contribution >= 0.6 is 11.6 Å². The molecule has 0 bridgehead atoms. The van der Waals surface area contributed by atoms with E-state index < -0.39 is 32.6 Å². The highest BCUT2D eigenvalue weighted by atomic mass is 35.5. The number of carboxylic acids is 1. The Labute approximate surface area is 122 Å². The minimum Gasteiger partial charge on any atom is -0.478 e. The normalized spacial score (nSPS) is 17.5. The van der Waals surface area contributed by atoms with Crippen LogP contribution in [0.4, 0.5) is 13.2 Å². The van der Waals surface area contributed by atoms with Gasteiger partial charge >= 0.3 is 12.1 Å². The van der Waals surface area contributed by atoms with Crippen LogP contribution in [0.2, 0.25) is 5.02 Å². The van der Waals surface area contributed by atoms with Gasteiger partial charge in [-0.1, -0.05) is 11.6 Å². The highest BCUT2D eigenvalue weighted by Gasteiger charge is 2.65. The van der Waals surface area contributed by atoms with E-state index in [0.717, 1.165) is 18.2 Å². The van der Waals surface area contributed by atoms with Crippen molar-refractivity contribution in [1.29, 1.82) is 0 Å².